The van der Waals surface area contributed by atoms with E-state index in [0.717, 1.165) is 13.2 Å². The quantitative estimate of drug-likeness (QED) is 0.673. The summed E-state index contributed by atoms with van der Waals surface area (Å²) in [6.45, 7) is 0. The lowest BCUT2D eigenvalue weighted by Crippen LogP contribution is -2.36. The molecule has 1 aliphatic carbocycles. The van der Waals surface area contributed by atoms with Crippen molar-refractivity contribution in [2.75, 3.05) is 7.11 Å². The fourth-order valence-corrected chi connectivity index (χ4v) is 2.52. The van der Waals surface area contributed by atoms with E-state index in [-0.39, 0.29) is 24.0 Å². The predicted molar refractivity (Wildman–Crippen MR) is 61.4 cm³/mol. The van der Waals surface area contributed by atoms with Crippen LogP contribution in [0.2, 0.25) is 0 Å². The Balaban J connectivity index is 2.82. The van der Waals surface area contributed by atoms with Gasteiger partial charge in [-0.05, 0) is 36.5 Å². The molecule has 0 unspecified atom stereocenters. The fraction of sp³-hybridized carbons (Fsp3) is 0.462. The Morgan fingerprint density at radius 2 is 1.86 bits per heavy atom. The molecule has 0 saturated carbocycles. The Labute approximate surface area is 116 Å². The smallest absolute Gasteiger partial charge is 0.458 e. The molecular formula is C13H11F5O3. The number of methoxy groups -OCH3 is 1. The minimum Gasteiger partial charge on any atom is -0.507 e. The molecule has 0 aromatic heterocycles. The van der Waals surface area contributed by atoms with E-state index >= 15 is 0 Å². The van der Waals surface area contributed by atoms with E-state index in [4.69, 9.17) is 0 Å². The number of benzene rings is 1. The highest BCUT2D eigenvalue weighted by Crippen LogP contribution is 2.50. The van der Waals surface area contributed by atoms with Crippen LogP contribution in [0.5, 0.6) is 5.75 Å². The molecule has 1 N–H and O–H groups in total. The molecule has 1 aromatic carbocycles. The van der Waals surface area contributed by atoms with Gasteiger partial charge in [0.05, 0.1) is 12.7 Å². The first-order chi connectivity index (χ1) is 9.61. The van der Waals surface area contributed by atoms with Gasteiger partial charge in [-0.2, -0.15) is 22.0 Å². The Morgan fingerprint density at radius 3 is 2.38 bits per heavy atom. The largest absolute Gasteiger partial charge is 0.507 e. The van der Waals surface area contributed by atoms with E-state index in [1.54, 1.807) is 0 Å². The lowest BCUT2D eigenvalue weighted by atomic mass is 9.91. The number of rotatable bonds is 2. The number of halogens is 5. The summed E-state index contributed by atoms with van der Waals surface area (Å²) < 4.78 is 69.9. The second-order valence-electron chi connectivity index (χ2n) is 4.70. The maximum atomic E-state index is 13.8. The lowest BCUT2D eigenvalue weighted by Gasteiger charge is -2.25. The number of phenols is 1. The first kappa shape index (κ1) is 15.5. The van der Waals surface area contributed by atoms with Crippen molar-refractivity contribution >= 4 is 5.97 Å². The summed E-state index contributed by atoms with van der Waals surface area (Å²) in [6.07, 6.45) is -5.24. The summed E-state index contributed by atoms with van der Waals surface area (Å²) in [4.78, 5) is 11.5. The van der Waals surface area contributed by atoms with Gasteiger partial charge in [-0.15, -0.1) is 0 Å². The summed E-state index contributed by atoms with van der Waals surface area (Å²) in [7, 11) is 0.838. The lowest BCUT2D eigenvalue weighted by molar-refractivity contribution is -0.289. The van der Waals surface area contributed by atoms with Crippen LogP contribution in [0.4, 0.5) is 22.0 Å². The monoisotopic (exact) mass is 310 g/mol. The van der Waals surface area contributed by atoms with Crippen molar-refractivity contribution in [3.05, 3.63) is 28.3 Å². The number of alkyl halides is 5. The molecule has 0 spiro atoms. The summed E-state index contributed by atoms with van der Waals surface area (Å²) in [5.41, 5.74) is -2.66. The zero-order valence-corrected chi connectivity index (χ0v) is 10.9. The van der Waals surface area contributed by atoms with Gasteiger partial charge < -0.3 is 9.84 Å². The first-order valence-corrected chi connectivity index (χ1v) is 6.02. The van der Waals surface area contributed by atoms with Crippen LogP contribution in [0.25, 0.3) is 0 Å². The number of hydrogen-bond acceptors (Lipinski definition) is 3. The number of fused-ring (bicyclic) bond motifs is 1. The molecule has 3 nitrogen and oxygen atoms in total. The number of phenolic OH excluding ortho intramolecular Hbond substituents is 1. The first-order valence-electron chi connectivity index (χ1n) is 6.02. The van der Waals surface area contributed by atoms with Gasteiger partial charge in [0.25, 0.3) is 0 Å². The maximum Gasteiger partial charge on any atom is 0.458 e. The van der Waals surface area contributed by atoms with Gasteiger partial charge in [0.2, 0.25) is 0 Å². The van der Waals surface area contributed by atoms with E-state index in [9.17, 15) is 31.9 Å². The summed E-state index contributed by atoms with van der Waals surface area (Å²) in [6, 6.07) is 1.05. The molecule has 0 aliphatic heterocycles. The SMILES string of the molecule is COC(=O)c1c(O)cc2c(c1C(F)(F)C(F)(F)F)CCC2. The Bertz CT molecular complexity index is 592. The number of carbonyl (C=O) groups is 1. The molecule has 21 heavy (non-hydrogen) atoms. The minimum absolute atomic E-state index is 0.0133. The third-order valence-electron chi connectivity index (χ3n) is 3.44. The zero-order chi connectivity index (χ0) is 16.0. The summed E-state index contributed by atoms with van der Waals surface area (Å²) in [5, 5.41) is 9.68. The van der Waals surface area contributed by atoms with Crippen LogP contribution in [0.15, 0.2) is 6.07 Å². The molecule has 0 saturated heterocycles. The van der Waals surface area contributed by atoms with Crippen LogP contribution in [-0.2, 0) is 23.5 Å². The Hall–Kier alpha value is -1.86. The third kappa shape index (κ3) is 2.32. The second-order valence-corrected chi connectivity index (χ2v) is 4.70. The Kier molecular flexibility index (Phi) is 3.59. The van der Waals surface area contributed by atoms with Crippen molar-refractivity contribution < 1.29 is 36.6 Å². The van der Waals surface area contributed by atoms with E-state index in [0.29, 0.717) is 6.42 Å². The van der Waals surface area contributed by atoms with Crippen molar-refractivity contribution in [1.82, 2.24) is 0 Å². The molecule has 0 atom stereocenters. The van der Waals surface area contributed by atoms with Crippen LogP contribution >= 0.6 is 0 Å². The number of hydrogen-bond donors (Lipinski definition) is 1. The predicted octanol–water partition coefficient (Wildman–Crippen LogP) is 3.32. The highest BCUT2D eigenvalue weighted by molar-refractivity contribution is 5.95. The average Bonchev–Trinajstić information content (AvgIpc) is 2.82. The number of aromatic hydroxyl groups is 1. The maximum absolute atomic E-state index is 13.8. The van der Waals surface area contributed by atoms with Crippen LogP contribution in [0.3, 0.4) is 0 Å². The highest BCUT2D eigenvalue weighted by Gasteiger charge is 2.61. The van der Waals surface area contributed by atoms with Gasteiger partial charge in [0.1, 0.15) is 11.3 Å². The summed E-state index contributed by atoms with van der Waals surface area (Å²) >= 11 is 0. The molecule has 8 heteroatoms. The van der Waals surface area contributed by atoms with E-state index in [1.165, 1.54) is 0 Å². The van der Waals surface area contributed by atoms with Crippen LogP contribution in [0, 0.1) is 0 Å². The van der Waals surface area contributed by atoms with Crippen molar-refractivity contribution in [2.45, 2.75) is 31.4 Å². The van der Waals surface area contributed by atoms with Gasteiger partial charge in [-0.3, -0.25) is 0 Å². The van der Waals surface area contributed by atoms with Gasteiger partial charge in [0.15, 0.2) is 0 Å². The van der Waals surface area contributed by atoms with E-state index in [2.05, 4.69) is 4.74 Å². The van der Waals surface area contributed by atoms with Crippen LogP contribution in [-0.4, -0.2) is 24.4 Å². The van der Waals surface area contributed by atoms with Crippen LogP contribution in [0.1, 0.15) is 33.5 Å². The molecule has 116 valence electrons. The average molecular weight is 310 g/mol. The Morgan fingerprint density at radius 1 is 1.24 bits per heavy atom. The highest BCUT2D eigenvalue weighted by atomic mass is 19.4. The fourth-order valence-electron chi connectivity index (χ4n) is 2.52. The van der Waals surface area contributed by atoms with E-state index < -0.39 is 34.9 Å². The van der Waals surface area contributed by atoms with Gasteiger partial charge in [-0.25, -0.2) is 4.79 Å². The molecule has 0 radical (unpaired) electrons. The third-order valence-corrected chi connectivity index (χ3v) is 3.44. The van der Waals surface area contributed by atoms with Gasteiger partial charge in [-0.1, -0.05) is 0 Å². The summed E-state index contributed by atoms with van der Waals surface area (Å²) in [5.74, 6) is -7.61. The second kappa shape index (κ2) is 4.85. The van der Waals surface area contributed by atoms with Gasteiger partial charge >= 0.3 is 18.1 Å². The number of ether oxygens (including phenoxy) is 1. The molecule has 1 aromatic rings. The molecule has 0 bridgehead atoms. The van der Waals surface area contributed by atoms with E-state index in [1.807, 2.05) is 0 Å². The number of esters is 1. The topological polar surface area (TPSA) is 46.5 Å². The standard InChI is InChI=1S/C13H11F5O3/c1-21-11(20)9-8(19)5-6-3-2-4-7(6)10(9)12(14,15)13(16,17)18/h5,19H,2-4H2,1H3. The van der Waals surface area contributed by atoms with Gasteiger partial charge in [0, 0.05) is 0 Å². The van der Waals surface area contributed by atoms with Crippen molar-refractivity contribution in [1.29, 1.82) is 0 Å². The van der Waals surface area contributed by atoms with Crippen molar-refractivity contribution in [3.63, 3.8) is 0 Å². The van der Waals surface area contributed by atoms with Crippen molar-refractivity contribution in [2.24, 2.45) is 0 Å². The molecule has 0 fully saturated rings. The van der Waals surface area contributed by atoms with Crippen molar-refractivity contribution in [3.8, 4) is 5.75 Å². The molecule has 0 amide bonds. The molecule has 1 aliphatic rings. The number of carbonyl (C=O) groups excluding carboxylic acids is 1. The van der Waals surface area contributed by atoms with Crippen LogP contribution < -0.4 is 0 Å². The molecular weight excluding hydrogens is 299 g/mol. The zero-order valence-electron chi connectivity index (χ0n) is 10.9. The normalized spacial score (nSPS) is 15.0. The number of aryl methyl sites for hydroxylation is 1. The minimum atomic E-state index is -5.88. The molecule has 0 heterocycles. The molecule has 2 rings (SSSR count).